The van der Waals surface area contributed by atoms with Gasteiger partial charge in [-0.05, 0) is 91.9 Å². The summed E-state index contributed by atoms with van der Waals surface area (Å²) in [5.74, 6) is 1.49. The molecular weight excluding hydrogens is 502 g/mol. The number of fused-ring (bicyclic) bond motifs is 2. The van der Waals surface area contributed by atoms with Gasteiger partial charge in [-0.3, -0.25) is 14.3 Å². The van der Waals surface area contributed by atoms with Gasteiger partial charge in [0, 0.05) is 36.2 Å². The van der Waals surface area contributed by atoms with Gasteiger partial charge >= 0.3 is 0 Å². The van der Waals surface area contributed by atoms with Crippen LogP contribution in [0.15, 0.2) is 85.5 Å². The van der Waals surface area contributed by atoms with Crippen molar-refractivity contribution < 1.29 is 4.79 Å². The quantitative estimate of drug-likeness (QED) is 0.348. The molecule has 1 amide bonds. The van der Waals surface area contributed by atoms with Crippen molar-refractivity contribution >= 4 is 22.9 Å². The van der Waals surface area contributed by atoms with Crippen molar-refractivity contribution in [2.24, 2.45) is 5.73 Å². The molecule has 1 aromatic carbocycles. The fourth-order valence-electron chi connectivity index (χ4n) is 4.95. The molecule has 0 bridgehead atoms. The fourth-order valence-corrected chi connectivity index (χ4v) is 4.95. The SMILES string of the molecule is Cc1ncccc1C(N)=O.Nc1ncccc1-c1nc2ccc(-n3cccn3)nc2n1-c1ccc2c(c1)CCC2. The van der Waals surface area contributed by atoms with Crippen molar-refractivity contribution in [2.45, 2.75) is 26.2 Å². The fraction of sp³-hybridized carbons (Fsp3) is 0.133. The molecule has 5 heterocycles. The summed E-state index contributed by atoms with van der Waals surface area (Å²) in [4.78, 5) is 28.6. The number of benzene rings is 1. The van der Waals surface area contributed by atoms with E-state index in [4.69, 9.17) is 21.4 Å². The summed E-state index contributed by atoms with van der Waals surface area (Å²) < 4.78 is 3.83. The Kier molecular flexibility index (Phi) is 6.49. The third-order valence-corrected chi connectivity index (χ3v) is 6.92. The average Bonchev–Trinajstić information content (AvgIpc) is 3.73. The van der Waals surface area contributed by atoms with E-state index in [9.17, 15) is 4.79 Å². The Labute approximate surface area is 230 Å². The maximum absolute atomic E-state index is 10.6. The Hall–Kier alpha value is -5.38. The van der Waals surface area contributed by atoms with Gasteiger partial charge in [0.15, 0.2) is 17.3 Å². The van der Waals surface area contributed by atoms with Crippen LogP contribution in [0.3, 0.4) is 0 Å². The molecule has 1 aliphatic rings. The maximum Gasteiger partial charge on any atom is 0.250 e. The number of nitrogens with zero attached hydrogens (tertiary/aromatic N) is 7. The Morgan fingerprint density at radius 3 is 2.48 bits per heavy atom. The molecule has 198 valence electrons. The third-order valence-electron chi connectivity index (χ3n) is 6.92. The van der Waals surface area contributed by atoms with Crippen molar-refractivity contribution in [3.63, 3.8) is 0 Å². The first-order valence-corrected chi connectivity index (χ1v) is 12.9. The highest BCUT2D eigenvalue weighted by Gasteiger charge is 2.20. The number of aromatic nitrogens is 7. The number of hydrogen-bond acceptors (Lipinski definition) is 7. The highest BCUT2D eigenvalue weighted by Crippen LogP contribution is 2.32. The Morgan fingerprint density at radius 1 is 0.900 bits per heavy atom. The molecule has 7 rings (SSSR count). The Bertz CT molecular complexity index is 1840. The number of primary amides is 1. The molecular formula is C30H27N9O. The summed E-state index contributed by atoms with van der Waals surface area (Å²) in [7, 11) is 0. The van der Waals surface area contributed by atoms with E-state index < -0.39 is 5.91 Å². The van der Waals surface area contributed by atoms with Gasteiger partial charge in [-0.1, -0.05) is 6.07 Å². The first-order valence-electron chi connectivity index (χ1n) is 12.9. The van der Waals surface area contributed by atoms with Gasteiger partial charge in [0.25, 0.3) is 5.91 Å². The van der Waals surface area contributed by atoms with Gasteiger partial charge < -0.3 is 11.5 Å². The molecule has 1 aliphatic carbocycles. The minimum atomic E-state index is -0.425. The van der Waals surface area contributed by atoms with E-state index in [-0.39, 0.29) is 0 Å². The third kappa shape index (κ3) is 4.66. The molecule has 10 heteroatoms. The van der Waals surface area contributed by atoms with E-state index in [0.29, 0.717) is 17.1 Å². The van der Waals surface area contributed by atoms with Crippen LogP contribution in [-0.4, -0.2) is 40.2 Å². The zero-order valence-corrected chi connectivity index (χ0v) is 21.9. The number of imidazole rings is 1. The number of hydrogen-bond donors (Lipinski definition) is 2. The molecule has 0 unspecified atom stereocenters. The molecule has 0 saturated carbocycles. The van der Waals surface area contributed by atoms with Crippen molar-refractivity contribution in [3.8, 4) is 22.9 Å². The molecule has 40 heavy (non-hydrogen) atoms. The normalized spacial score (nSPS) is 12.1. The molecule has 0 atom stereocenters. The topological polar surface area (TPSA) is 143 Å². The lowest BCUT2D eigenvalue weighted by Crippen LogP contribution is -2.12. The molecule has 5 aromatic heterocycles. The van der Waals surface area contributed by atoms with Crippen LogP contribution >= 0.6 is 0 Å². The lowest BCUT2D eigenvalue weighted by atomic mass is 10.1. The largest absolute Gasteiger partial charge is 0.383 e. The van der Waals surface area contributed by atoms with E-state index in [2.05, 4.69) is 37.8 Å². The predicted molar refractivity (Wildman–Crippen MR) is 153 cm³/mol. The van der Waals surface area contributed by atoms with Crippen molar-refractivity contribution in [2.75, 3.05) is 5.73 Å². The van der Waals surface area contributed by atoms with Gasteiger partial charge in [0.05, 0.1) is 11.1 Å². The van der Waals surface area contributed by atoms with E-state index in [1.807, 2.05) is 36.5 Å². The number of pyridine rings is 3. The Balaban J connectivity index is 0.000000246. The summed E-state index contributed by atoms with van der Waals surface area (Å²) in [6.45, 7) is 1.75. The monoisotopic (exact) mass is 529 g/mol. The minimum absolute atomic E-state index is 0.425. The number of amides is 1. The predicted octanol–water partition coefficient (Wildman–Crippen LogP) is 4.23. The second-order valence-electron chi connectivity index (χ2n) is 9.48. The van der Waals surface area contributed by atoms with Crippen LogP contribution in [0.1, 0.15) is 33.6 Å². The number of nitrogens with two attached hydrogens (primary N) is 2. The number of carbonyl (C=O) groups is 1. The first kappa shape index (κ1) is 24.9. The second-order valence-corrected chi connectivity index (χ2v) is 9.48. The standard InChI is InChI=1S/C23H19N7.C7H8N2O/c24-21-18(6-2-11-25-21)22-27-19-9-10-20(29-13-3-12-26-29)28-23(19)30(22)17-8-7-15-4-1-5-16(15)14-17;1-5-6(7(8)10)3-2-4-9-5/h2-3,6-14H,1,4-5H2,(H2,24,25);2-4H,1H3,(H2,8,10). The van der Waals surface area contributed by atoms with Gasteiger partial charge in [-0.2, -0.15) is 5.10 Å². The van der Waals surface area contributed by atoms with Crippen LogP contribution in [0.2, 0.25) is 0 Å². The van der Waals surface area contributed by atoms with Gasteiger partial charge in [0.1, 0.15) is 11.3 Å². The molecule has 0 saturated heterocycles. The zero-order valence-electron chi connectivity index (χ0n) is 21.9. The number of rotatable bonds is 4. The molecule has 0 spiro atoms. The van der Waals surface area contributed by atoms with Crippen LogP contribution in [0.25, 0.3) is 34.1 Å². The summed E-state index contributed by atoms with van der Waals surface area (Å²) in [6.07, 6.45) is 10.4. The van der Waals surface area contributed by atoms with E-state index in [1.165, 1.54) is 17.5 Å². The number of carbonyl (C=O) groups excluding carboxylic acids is 1. The zero-order chi connectivity index (χ0) is 27.6. The van der Waals surface area contributed by atoms with Crippen LogP contribution in [0.5, 0.6) is 0 Å². The molecule has 0 fully saturated rings. The molecule has 0 radical (unpaired) electrons. The van der Waals surface area contributed by atoms with Gasteiger partial charge in [0.2, 0.25) is 0 Å². The number of nitrogen functional groups attached to an aromatic ring is 1. The smallest absolute Gasteiger partial charge is 0.250 e. The molecule has 4 N–H and O–H groups in total. The van der Waals surface area contributed by atoms with Crippen LogP contribution in [-0.2, 0) is 12.8 Å². The van der Waals surface area contributed by atoms with Gasteiger partial charge in [-0.15, -0.1) is 0 Å². The van der Waals surface area contributed by atoms with Gasteiger partial charge in [-0.25, -0.2) is 19.6 Å². The summed E-state index contributed by atoms with van der Waals surface area (Å²) in [6, 6.07) is 19.6. The first-order chi connectivity index (χ1) is 19.5. The van der Waals surface area contributed by atoms with Crippen molar-refractivity contribution in [3.05, 3.63) is 108 Å². The van der Waals surface area contributed by atoms with Crippen LogP contribution < -0.4 is 11.5 Å². The summed E-state index contributed by atoms with van der Waals surface area (Å²) in [5, 5.41) is 4.32. The second kappa shape index (κ2) is 10.4. The minimum Gasteiger partial charge on any atom is -0.383 e. The summed E-state index contributed by atoms with van der Waals surface area (Å²) >= 11 is 0. The highest BCUT2D eigenvalue weighted by molar-refractivity contribution is 5.93. The molecule has 6 aromatic rings. The van der Waals surface area contributed by atoms with E-state index >= 15 is 0 Å². The summed E-state index contributed by atoms with van der Waals surface area (Å²) in [5.41, 5.74) is 18.6. The lowest BCUT2D eigenvalue weighted by Gasteiger charge is -2.12. The van der Waals surface area contributed by atoms with Crippen molar-refractivity contribution in [1.29, 1.82) is 0 Å². The van der Waals surface area contributed by atoms with Crippen LogP contribution in [0.4, 0.5) is 5.82 Å². The van der Waals surface area contributed by atoms with Crippen molar-refractivity contribution in [1.82, 2.24) is 34.3 Å². The number of aryl methyl sites for hydroxylation is 3. The molecule has 0 aliphatic heterocycles. The average molecular weight is 530 g/mol. The van der Waals surface area contributed by atoms with E-state index in [1.54, 1.807) is 42.3 Å². The highest BCUT2D eigenvalue weighted by atomic mass is 16.1. The molecule has 10 nitrogen and oxygen atoms in total. The lowest BCUT2D eigenvalue weighted by molar-refractivity contribution is 0.0999. The van der Waals surface area contributed by atoms with E-state index in [0.717, 1.165) is 46.9 Å². The Morgan fingerprint density at radius 2 is 1.73 bits per heavy atom. The number of anilines is 1. The van der Waals surface area contributed by atoms with Crippen LogP contribution in [0, 0.1) is 6.92 Å². The maximum atomic E-state index is 10.6.